The predicted molar refractivity (Wildman–Crippen MR) is 78.7 cm³/mol. The molecule has 92 valence electrons. The molecule has 0 aliphatic rings. The van der Waals surface area contributed by atoms with Crippen molar-refractivity contribution in [1.29, 1.82) is 0 Å². The van der Waals surface area contributed by atoms with Gasteiger partial charge in [0.1, 0.15) is 5.60 Å². The number of carbonyl (C=O) groups is 1. The second kappa shape index (κ2) is 5.67. The van der Waals surface area contributed by atoms with Crippen LogP contribution in [0.15, 0.2) is 30.3 Å². The molecule has 0 atom stereocenters. The average Bonchev–Trinajstić information content (AvgIpc) is 2.15. The Balaban J connectivity index is 2.79. The van der Waals surface area contributed by atoms with Crippen molar-refractivity contribution in [2.45, 2.75) is 33.3 Å². The smallest absolute Gasteiger partial charge is 0.331 e. The van der Waals surface area contributed by atoms with E-state index >= 15 is 0 Å². The lowest BCUT2D eigenvalue weighted by Crippen LogP contribution is -2.22. The van der Waals surface area contributed by atoms with E-state index in [2.05, 4.69) is 22.6 Å². The van der Waals surface area contributed by atoms with Crippen LogP contribution in [0.5, 0.6) is 0 Å². The van der Waals surface area contributed by atoms with E-state index in [1.807, 2.05) is 52.0 Å². The monoisotopic (exact) mass is 344 g/mol. The summed E-state index contributed by atoms with van der Waals surface area (Å²) in [5, 5.41) is 0. The Morgan fingerprint density at radius 1 is 1.24 bits per heavy atom. The van der Waals surface area contributed by atoms with Crippen LogP contribution < -0.4 is 0 Å². The van der Waals surface area contributed by atoms with Crippen LogP contribution in [0.3, 0.4) is 0 Å². The number of halogens is 1. The predicted octanol–water partition coefficient (Wildman–Crippen LogP) is 4.04. The van der Waals surface area contributed by atoms with Gasteiger partial charge in [0.15, 0.2) is 0 Å². The molecule has 0 aliphatic heterocycles. The topological polar surface area (TPSA) is 26.3 Å². The van der Waals surface area contributed by atoms with E-state index in [4.69, 9.17) is 4.74 Å². The molecular weight excluding hydrogens is 327 g/mol. The number of rotatable bonds is 2. The Morgan fingerprint density at radius 3 is 2.24 bits per heavy atom. The number of carbonyl (C=O) groups excluding carboxylic acids is 1. The molecule has 0 aliphatic carbocycles. The standard InChI is InChI=1S/C14H17IO2/c1-10(9-13(16)17-14(2,3)4)11-5-7-12(15)8-6-11/h5-9H,1-4H3. The molecule has 0 N–H and O–H groups in total. The molecule has 0 unspecified atom stereocenters. The fourth-order valence-electron chi connectivity index (χ4n) is 1.30. The van der Waals surface area contributed by atoms with Crippen LogP contribution in [0.2, 0.25) is 0 Å². The number of hydrogen-bond acceptors (Lipinski definition) is 2. The third-order valence-corrected chi connectivity index (χ3v) is 2.76. The first kappa shape index (κ1) is 14.2. The molecule has 3 heteroatoms. The van der Waals surface area contributed by atoms with Crippen molar-refractivity contribution in [2.75, 3.05) is 0 Å². The molecule has 0 heterocycles. The number of benzene rings is 1. The molecule has 0 spiro atoms. The summed E-state index contributed by atoms with van der Waals surface area (Å²) < 4.78 is 6.41. The second-order valence-electron chi connectivity index (χ2n) is 4.87. The SMILES string of the molecule is CC(=CC(=O)OC(C)(C)C)c1ccc(I)cc1. The van der Waals surface area contributed by atoms with Gasteiger partial charge in [-0.15, -0.1) is 0 Å². The minimum absolute atomic E-state index is 0.298. The van der Waals surface area contributed by atoms with Crippen molar-refractivity contribution in [2.24, 2.45) is 0 Å². The lowest BCUT2D eigenvalue weighted by atomic mass is 10.1. The van der Waals surface area contributed by atoms with Crippen molar-refractivity contribution in [3.8, 4) is 0 Å². The maximum atomic E-state index is 11.6. The van der Waals surface area contributed by atoms with Crippen LogP contribution in [0.4, 0.5) is 0 Å². The van der Waals surface area contributed by atoms with Crippen molar-refractivity contribution < 1.29 is 9.53 Å². The molecule has 0 radical (unpaired) electrons. The average molecular weight is 344 g/mol. The lowest BCUT2D eigenvalue weighted by Gasteiger charge is -2.18. The fraction of sp³-hybridized carbons (Fsp3) is 0.357. The van der Waals surface area contributed by atoms with Gasteiger partial charge in [0.25, 0.3) is 0 Å². The van der Waals surface area contributed by atoms with E-state index in [1.165, 1.54) is 9.65 Å². The van der Waals surface area contributed by atoms with Gasteiger partial charge in [0.2, 0.25) is 0 Å². The molecule has 0 amide bonds. The zero-order chi connectivity index (χ0) is 13.1. The minimum atomic E-state index is -0.445. The Hall–Kier alpha value is -0.840. The highest BCUT2D eigenvalue weighted by atomic mass is 127. The van der Waals surface area contributed by atoms with E-state index in [1.54, 1.807) is 0 Å². The molecule has 1 aromatic rings. The van der Waals surface area contributed by atoms with Gasteiger partial charge < -0.3 is 4.74 Å². The molecule has 1 aromatic carbocycles. The Morgan fingerprint density at radius 2 is 1.76 bits per heavy atom. The van der Waals surface area contributed by atoms with Gasteiger partial charge in [0, 0.05) is 9.65 Å². The molecular formula is C14H17IO2. The summed E-state index contributed by atoms with van der Waals surface area (Å²) in [7, 11) is 0. The highest BCUT2D eigenvalue weighted by molar-refractivity contribution is 14.1. The highest BCUT2D eigenvalue weighted by Crippen LogP contribution is 2.16. The third-order valence-electron chi connectivity index (χ3n) is 2.04. The van der Waals surface area contributed by atoms with E-state index < -0.39 is 5.60 Å². The van der Waals surface area contributed by atoms with E-state index in [0.29, 0.717) is 0 Å². The van der Waals surface area contributed by atoms with Crippen LogP contribution in [0.1, 0.15) is 33.3 Å². The molecule has 0 saturated carbocycles. The largest absolute Gasteiger partial charge is 0.457 e. The first-order chi connectivity index (χ1) is 7.78. The summed E-state index contributed by atoms with van der Waals surface area (Å²) in [6.07, 6.45) is 1.54. The summed E-state index contributed by atoms with van der Waals surface area (Å²) in [6, 6.07) is 8.03. The zero-order valence-corrected chi connectivity index (χ0v) is 12.7. The first-order valence-electron chi connectivity index (χ1n) is 5.45. The summed E-state index contributed by atoms with van der Waals surface area (Å²) in [6.45, 7) is 7.49. The van der Waals surface area contributed by atoms with Crippen molar-refractivity contribution in [3.63, 3.8) is 0 Å². The van der Waals surface area contributed by atoms with Crippen LogP contribution in [0.25, 0.3) is 5.57 Å². The van der Waals surface area contributed by atoms with Crippen LogP contribution in [0, 0.1) is 3.57 Å². The minimum Gasteiger partial charge on any atom is -0.457 e. The molecule has 0 saturated heterocycles. The summed E-state index contributed by atoms with van der Waals surface area (Å²) in [4.78, 5) is 11.6. The summed E-state index contributed by atoms with van der Waals surface area (Å²) in [5.41, 5.74) is 1.51. The Bertz CT molecular complexity index is 425. The molecule has 17 heavy (non-hydrogen) atoms. The summed E-state index contributed by atoms with van der Waals surface area (Å²) >= 11 is 2.25. The second-order valence-corrected chi connectivity index (χ2v) is 6.11. The normalized spacial score (nSPS) is 12.4. The van der Waals surface area contributed by atoms with E-state index in [0.717, 1.165) is 11.1 Å². The van der Waals surface area contributed by atoms with E-state index in [9.17, 15) is 4.79 Å². The first-order valence-corrected chi connectivity index (χ1v) is 6.53. The number of allylic oxidation sites excluding steroid dienone is 1. The van der Waals surface area contributed by atoms with Gasteiger partial charge in [-0.1, -0.05) is 12.1 Å². The number of hydrogen-bond donors (Lipinski definition) is 0. The van der Waals surface area contributed by atoms with E-state index in [-0.39, 0.29) is 5.97 Å². The van der Waals surface area contributed by atoms with Gasteiger partial charge in [-0.05, 0) is 73.6 Å². The Kier molecular flexibility index (Phi) is 4.74. The highest BCUT2D eigenvalue weighted by Gasteiger charge is 2.14. The molecule has 0 bridgehead atoms. The van der Waals surface area contributed by atoms with Crippen molar-refractivity contribution in [3.05, 3.63) is 39.5 Å². The summed E-state index contributed by atoms with van der Waals surface area (Å²) in [5.74, 6) is -0.298. The fourth-order valence-corrected chi connectivity index (χ4v) is 1.66. The lowest BCUT2D eigenvalue weighted by molar-refractivity contribution is -0.148. The van der Waals surface area contributed by atoms with Crippen molar-refractivity contribution in [1.82, 2.24) is 0 Å². The maximum Gasteiger partial charge on any atom is 0.331 e. The van der Waals surface area contributed by atoms with Crippen LogP contribution in [-0.4, -0.2) is 11.6 Å². The van der Waals surface area contributed by atoms with Gasteiger partial charge in [-0.2, -0.15) is 0 Å². The van der Waals surface area contributed by atoms with Crippen LogP contribution >= 0.6 is 22.6 Å². The number of esters is 1. The van der Waals surface area contributed by atoms with Crippen LogP contribution in [-0.2, 0) is 9.53 Å². The van der Waals surface area contributed by atoms with Gasteiger partial charge in [0.05, 0.1) is 0 Å². The molecule has 2 nitrogen and oxygen atoms in total. The molecule has 0 aromatic heterocycles. The Labute approximate surface area is 116 Å². The quantitative estimate of drug-likeness (QED) is 0.460. The van der Waals surface area contributed by atoms with Gasteiger partial charge >= 0.3 is 5.97 Å². The van der Waals surface area contributed by atoms with Crippen molar-refractivity contribution >= 4 is 34.1 Å². The third kappa shape index (κ3) is 5.35. The number of ether oxygens (including phenoxy) is 1. The van der Waals surface area contributed by atoms with Gasteiger partial charge in [-0.3, -0.25) is 0 Å². The molecule has 0 fully saturated rings. The molecule has 1 rings (SSSR count). The van der Waals surface area contributed by atoms with Gasteiger partial charge in [-0.25, -0.2) is 4.79 Å². The zero-order valence-electron chi connectivity index (χ0n) is 10.6. The maximum absolute atomic E-state index is 11.6.